The van der Waals surface area contributed by atoms with Gasteiger partial charge in [0.25, 0.3) is 5.89 Å². The van der Waals surface area contributed by atoms with Crippen LogP contribution in [0.5, 0.6) is 0 Å². The Morgan fingerprint density at radius 1 is 1.36 bits per heavy atom. The molecule has 0 aromatic carbocycles. The van der Waals surface area contributed by atoms with E-state index in [0.29, 0.717) is 43.0 Å². The minimum atomic E-state index is -0.270. The van der Waals surface area contributed by atoms with Crippen LogP contribution in [0.2, 0.25) is 0 Å². The Hall–Kier alpha value is -2.28. The predicted molar refractivity (Wildman–Crippen MR) is 91.7 cm³/mol. The molecule has 1 atom stereocenters. The summed E-state index contributed by atoms with van der Waals surface area (Å²) in [4.78, 5) is 20.8. The van der Waals surface area contributed by atoms with E-state index in [1.165, 1.54) is 6.42 Å². The molecule has 2 saturated heterocycles. The van der Waals surface area contributed by atoms with Crippen molar-refractivity contribution in [1.82, 2.24) is 25.0 Å². The summed E-state index contributed by atoms with van der Waals surface area (Å²) in [7, 11) is 0. The fourth-order valence-electron chi connectivity index (χ4n) is 3.63. The second kappa shape index (κ2) is 6.22. The number of hydrogen-bond donors (Lipinski definition) is 0. The molecular weight excluding hydrogens is 318 g/mol. The highest BCUT2D eigenvalue weighted by molar-refractivity contribution is 5.79. The fraction of sp³-hybridized carbons (Fsp3) is 0.556. The van der Waals surface area contributed by atoms with Crippen molar-refractivity contribution in [3.8, 4) is 11.6 Å². The average molecular weight is 341 g/mol. The zero-order valence-corrected chi connectivity index (χ0v) is 14.7. The van der Waals surface area contributed by atoms with Gasteiger partial charge in [-0.15, -0.1) is 10.2 Å². The highest BCUT2D eigenvalue weighted by Crippen LogP contribution is 2.34. The maximum absolute atomic E-state index is 12.4. The van der Waals surface area contributed by atoms with Crippen LogP contribution in [-0.4, -0.2) is 63.6 Å². The minimum absolute atomic E-state index is 0.191. The normalized spacial score (nSPS) is 22.8. The largest absolute Gasteiger partial charge is 0.419 e. The molecule has 132 valence electrons. The van der Waals surface area contributed by atoms with Crippen LogP contribution in [0.1, 0.15) is 26.2 Å². The predicted octanol–water partition coefficient (Wildman–Crippen LogP) is 1.57. The Balaban J connectivity index is 1.37. The molecular formula is C18H23N5O2. The first-order valence-corrected chi connectivity index (χ1v) is 8.79. The van der Waals surface area contributed by atoms with Gasteiger partial charge in [-0.3, -0.25) is 14.7 Å². The van der Waals surface area contributed by atoms with Gasteiger partial charge in [0, 0.05) is 25.8 Å². The first-order valence-electron chi connectivity index (χ1n) is 8.79. The molecule has 4 heterocycles. The highest BCUT2D eigenvalue weighted by atomic mass is 16.4. The molecule has 7 nitrogen and oxygen atoms in total. The Morgan fingerprint density at radius 3 is 2.88 bits per heavy atom. The summed E-state index contributed by atoms with van der Waals surface area (Å²) in [6, 6.07) is 5.57. The summed E-state index contributed by atoms with van der Waals surface area (Å²) >= 11 is 0. The lowest BCUT2D eigenvalue weighted by Crippen LogP contribution is -2.61. The fourth-order valence-corrected chi connectivity index (χ4v) is 3.63. The summed E-state index contributed by atoms with van der Waals surface area (Å²) in [6.45, 7) is 8.11. The number of amides is 1. The van der Waals surface area contributed by atoms with Gasteiger partial charge in [0.1, 0.15) is 5.69 Å². The van der Waals surface area contributed by atoms with Gasteiger partial charge in [-0.2, -0.15) is 0 Å². The molecule has 2 fully saturated rings. The van der Waals surface area contributed by atoms with Gasteiger partial charge in [-0.05, 0) is 37.9 Å². The summed E-state index contributed by atoms with van der Waals surface area (Å²) in [6.07, 6.45) is 2.88. The number of carbonyl (C=O) groups is 1. The molecule has 7 heteroatoms. The van der Waals surface area contributed by atoms with Crippen molar-refractivity contribution < 1.29 is 9.21 Å². The Morgan fingerprint density at radius 2 is 2.20 bits per heavy atom. The van der Waals surface area contributed by atoms with E-state index in [-0.39, 0.29) is 11.3 Å². The molecule has 0 spiro atoms. The topological polar surface area (TPSA) is 75.4 Å². The molecule has 0 saturated carbocycles. The SMILES string of the molecule is CC1CCN(CC(=O)N2CC(C)(c3nnc(-c4ccccn4)o3)C2)C1. The minimum Gasteiger partial charge on any atom is -0.419 e. The maximum atomic E-state index is 12.4. The first kappa shape index (κ1) is 16.2. The Labute approximate surface area is 147 Å². The molecule has 1 amide bonds. The van der Waals surface area contributed by atoms with Crippen LogP contribution in [0, 0.1) is 5.92 Å². The molecule has 0 aliphatic carbocycles. The highest BCUT2D eigenvalue weighted by Gasteiger charge is 2.47. The van der Waals surface area contributed by atoms with Crippen LogP contribution in [0.4, 0.5) is 0 Å². The second-order valence-corrected chi connectivity index (χ2v) is 7.57. The third kappa shape index (κ3) is 3.16. The number of carbonyl (C=O) groups excluding carboxylic acids is 1. The Bertz CT molecular complexity index is 754. The van der Waals surface area contributed by atoms with Crippen LogP contribution in [0.3, 0.4) is 0 Å². The van der Waals surface area contributed by atoms with E-state index in [9.17, 15) is 4.79 Å². The van der Waals surface area contributed by atoms with Gasteiger partial charge < -0.3 is 9.32 Å². The van der Waals surface area contributed by atoms with Crippen LogP contribution in [-0.2, 0) is 10.2 Å². The number of aromatic nitrogens is 3. The first-order chi connectivity index (χ1) is 12.0. The number of hydrogen-bond acceptors (Lipinski definition) is 6. The van der Waals surface area contributed by atoms with Crippen molar-refractivity contribution in [2.45, 2.75) is 25.7 Å². The molecule has 4 rings (SSSR count). The van der Waals surface area contributed by atoms with Crippen molar-refractivity contribution >= 4 is 5.91 Å². The molecule has 2 aromatic rings. The standard InChI is InChI=1S/C18H23N5O2/c1-13-6-8-22(9-13)10-15(24)23-11-18(2,12-23)17-21-20-16(25-17)14-5-3-4-7-19-14/h3-5,7,13H,6,8-12H2,1-2H3. The Kier molecular flexibility index (Phi) is 4.03. The van der Waals surface area contributed by atoms with Crippen molar-refractivity contribution in [1.29, 1.82) is 0 Å². The van der Waals surface area contributed by atoms with Crippen molar-refractivity contribution in [2.75, 3.05) is 32.7 Å². The van der Waals surface area contributed by atoms with E-state index >= 15 is 0 Å². The van der Waals surface area contributed by atoms with Gasteiger partial charge in [0.2, 0.25) is 11.8 Å². The number of likely N-dealkylation sites (tertiary alicyclic amines) is 2. The van der Waals surface area contributed by atoms with E-state index < -0.39 is 0 Å². The third-order valence-corrected chi connectivity index (χ3v) is 5.12. The van der Waals surface area contributed by atoms with Crippen molar-refractivity contribution in [3.05, 3.63) is 30.3 Å². The van der Waals surface area contributed by atoms with E-state index in [1.807, 2.05) is 23.1 Å². The lowest BCUT2D eigenvalue weighted by molar-refractivity contribution is -0.140. The molecule has 0 bridgehead atoms. The van der Waals surface area contributed by atoms with E-state index in [4.69, 9.17) is 4.42 Å². The van der Waals surface area contributed by atoms with Crippen molar-refractivity contribution in [3.63, 3.8) is 0 Å². The zero-order valence-electron chi connectivity index (χ0n) is 14.7. The quantitative estimate of drug-likeness (QED) is 0.840. The van der Waals surface area contributed by atoms with Gasteiger partial charge in [-0.25, -0.2) is 0 Å². The molecule has 1 unspecified atom stereocenters. The third-order valence-electron chi connectivity index (χ3n) is 5.12. The molecule has 2 aliphatic rings. The maximum Gasteiger partial charge on any atom is 0.266 e. The lowest BCUT2D eigenvalue weighted by Gasteiger charge is -2.46. The summed E-state index contributed by atoms with van der Waals surface area (Å²) in [5, 5.41) is 8.29. The van der Waals surface area contributed by atoms with Crippen LogP contribution >= 0.6 is 0 Å². The lowest BCUT2D eigenvalue weighted by atomic mass is 9.81. The molecule has 25 heavy (non-hydrogen) atoms. The summed E-state index contributed by atoms with van der Waals surface area (Å²) in [5.74, 6) is 1.88. The number of pyridine rings is 1. The zero-order chi connectivity index (χ0) is 17.4. The van der Waals surface area contributed by atoms with Gasteiger partial charge in [0.05, 0.1) is 12.0 Å². The molecule has 0 radical (unpaired) electrons. The molecule has 0 N–H and O–H groups in total. The average Bonchev–Trinajstić information content (AvgIpc) is 3.22. The summed E-state index contributed by atoms with van der Waals surface area (Å²) in [5.41, 5.74) is 0.397. The van der Waals surface area contributed by atoms with Gasteiger partial charge in [0.15, 0.2) is 0 Å². The number of rotatable bonds is 4. The monoisotopic (exact) mass is 341 g/mol. The van der Waals surface area contributed by atoms with Gasteiger partial charge >= 0.3 is 0 Å². The molecule has 2 aliphatic heterocycles. The van der Waals surface area contributed by atoms with Gasteiger partial charge in [-0.1, -0.05) is 13.0 Å². The van der Waals surface area contributed by atoms with Crippen LogP contribution < -0.4 is 0 Å². The molecule has 2 aromatic heterocycles. The smallest absolute Gasteiger partial charge is 0.266 e. The van der Waals surface area contributed by atoms with E-state index in [2.05, 4.69) is 33.9 Å². The van der Waals surface area contributed by atoms with E-state index in [0.717, 1.165) is 13.1 Å². The summed E-state index contributed by atoms with van der Waals surface area (Å²) < 4.78 is 5.82. The van der Waals surface area contributed by atoms with Crippen LogP contribution in [0.25, 0.3) is 11.6 Å². The second-order valence-electron chi connectivity index (χ2n) is 7.57. The van der Waals surface area contributed by atoms with Crippen molar-refractivity contribution in [2.24, 2.45) is 5.92 Å². The number of nitrogens with zero attached hydrogens (tertiary/aromatic N) is 5. The van der Waals surface area contributed by atoms with Crippen LogP contribution in [0.15, 0.2) is 28.8 Å². The van der Waals surface area contributed by atoms with E-state index in [1.54, 1.807) is 6.20 Å².